The highest BCUT2D eigenvalue weighted by Gasteiger charge is 2.43. The standard InChI is InChI=1S/C23H31N3O5S/c1-26-21(9-14-24-26)32(28,29)25-13-3-15-31-19-5-4-17-6-10-23(20(17)16-19)11-7-18(8-12-23)22(27)30-2/h4-5,9,14,16,18,25H,3,6-8,10-13,15H2,1-2H3. The molecule has 1 saturated carbocycles. The SMILES string of the molecule is COC(=O)C1CCC2(CCc3ccc(OCCCNS(=O)(=O)c4ccnn4C)cc32)CC1. The first-order valence-electron chi connectivity index (χ1n) is 11.2. The number of carbonyl (C=O) groups excluding carboxylic acids is 1. The van der Waals surface area contributed by atoms with Crippen LogP contribution in [0.15, 0.2) is 35.5 Å². The average molecular weight is 462 g/mol. The first-order valence-corrected chi connectivity index (χ1v) is 12.6. The van der Waals surface area contributed by atoms with E-state index in [9.17, 15) is 13.2 Å². The smallest absolute Gasteiger partial charge is 0.308 e. The van der Waals surface area contributed by atoms with Gasteiger partial charge >= 0.3 is 5.97 Å². The number of methoxy groups -OCH3 is 1. The number of hydrogen-bond acceptors (Lipinski definition) is 6. The van der Waals surface area contributed by atoms with Gasteiger partial charge < -0.3 is 9.47 Å². The molecule has 2 aliphatic rings. The minimum absolute atomic E-state index is 0.0178. The van der Waals surface area contributed by atoms with Gasteiger partial charge in [-0.25, -0.2) is 13.1 Å². The highest BCUT2D eigenvalue weighted by atomic mass is 32.2. The van der Waals surface area contributed by atoms with Crippen molar-refractivity contribution in [2.75, 3.05) is 20.3 Å². The molecule has 2 aliphatic carbocycles. The number of benzene rings is 1. The lowest BCUT2D eigenvalue weighted by atomic mass is 9.67. The molecule has 0 aliphatic heterocycles. The Bertz CT molecular complexity index is 1070. The number of sulfonamides is 1. The number of esters is 1. The van der Waals surface area contributed by atoms with Gasteiger partial charge in [-0.2, -0.15) is 5.10 Å². The minimum Gasteiger partial charge on any atom is -0.494 e. The Morgan fingerprint density at radius 3 is 2.72 bits per heavy atom. The molecule has 0 radical (unpaired) electrons. The molecule has 1 spiro atoms. The summed E-state index contributed by atoms with van der Waals surface area (Å²) in [6.07, 6.45) is 7.93. The number of nitrogens with one attached hydrogen (secondary N) is 1. The largest absolute Gasteiger partial charge is 0.494 e. The van der Waals surface area contributed by atoms with Crippen LogP contribution in [0.1, 0.15) is 49.7 Å². The lowest BCUT2D eigenvalue weighted by Gasteiger charge is -2.37. The van der Waals surface area contributed by atoms with Crippen molar-refractivity contribution in [2.45, 2.75) is 55.4 Å². The van der Waals surface area contributed by atoms with Crippen LogP contribution in [0.2, 0.25) is 0 Å². The fraction of sp³-hybridized carbons (Fsp3) is 0.565. The van der Waals surface area contributed by atoms with E-state index < -0.39 is 10.0 Å². The second-order valence-corrected chi connectivity index (χ2v) is 10.5. The summed E-state index contributed by atoms with van der Waals surface area (Å²) in [5, 5.41) is 4.04. The first-order chi connectivity index (χ1) is 15.3. The Morgan fingerprint density at radius 1 is 1.25 bits per heavy atom. The molecule has 8 nitrogen and oxygen atoms in total. The summed E-state index contributed by atoms with van der Waals surface area (Å²) >= 11 is 0. The third-order valence-corrected chi connectivity index (χ3v) is 8.47. The van der Waals surface area contributed by atoms with Crippen molar-refractivity contribution < 1.29 is 22.7 Å². The maximum atomic E-state index is 12.3. The summed E-state index contributed by atoms with van der Waals surface area (Å²) in [6, 6.07) is 7.77. The van der Waals surface area contributed by atoms with Gasteiger partial charge in [-0.3, -0.25) is 9.48 Å². The molecular weight excluding hydrogens is 430 g/mol. The Morgan fingerprint density at radius 2 is 2.03 bits per heavy atom. The highest BCUT2D eigenvalue weighted by Crippen LogP contribution is 2.50. The van der Waals surface area contributed by atoms with Crippen molar-refractivity contribution in [3.05, 3.63) is 41.6 Å². The van der Waals surface area contributed by atoms with Crippen LogP contribution in [0.25, 0.3) is 0 Å². The molecule has 1 heterocycles. The van der Waals surface area contributed by atoms with Crippen LogP contribution in [-0.2, 0) is 38.4 Å². The summed E-state index contributed by atoms with van der Waals surface area (Å²) in [4.78, 5) is 11.9. The van der Waals surface area contributed by atoms with Crippen molar-refractivity contribution in [2.24, 2.45) is 13.0 Å². The first kappa shape index (κ1) is 22.8. The number of aromatic nitrogens is 2. The van der Waals surface area contributed by atoms with Gasteiger partial charge in [0.1, 0.15) is 5.75 Å². The van der Waals surface area contributed by atoms with E-state index in [-0.39, 0.29) is 28.9 Å². The van der Waals surface area contributed by atoms with Crippen LogP contribution < -0.4 is 9.46 Å². The van der Waals surface area contributed by atoms with Crippen molar-refractivity contribution in [1.29, 1.82) is 0 Å². The van der Waals surface area contributed by atoms with Crippen molar-refractivity contribution >= 4 is 16.0 Å². The van der Waals surface area contributed by atoms with Gasteiger partial charge in [0, 0.05) is 13.6 Å². The molecule has 32 heavy (non-hydrogen) atoms. The highest BCUT2D eigenvalue weighted by molar-refractivity contribution is 7.89. The zero-order chi connectivity index (χ0) is 22.8. The number of carbonyl (C=O) groups is 1. The molecule has 0 unspecified atom stereocenters. The van der Waals surface area contributed by atoms with Gasteiger partial charge in [-0.05, 0) is 79.7 Å². The summed E-state index contributed by atoms with van der Waals surface area (Å²) in [5.41, 5.74) is 2.87. The van der Waals surface area contributed by atoms with Gasteiger partial charge in [0.25, 0.3) is 10.0 Å². The van der Waals surface area contributed by atoms with E-state index in [2.05, 4.69) is 22.0 Å². The zero-order valence-corrected chi connectivity index (χ0v) is 19.5. The normalized spacial score (nSPS) is 22.6. The summed E-state index contributed by atoms with van der Waals surface area (Å²) < 4.78 is 39.4. The molecule has 4 rings (SSSR count). The second kappa shape index (κ2) is 9.23. The Kier molecular flexibility index (Phi) is 6.57. The van der Waals surface area contributed by atoms with Crippen LogP contribution in [0.4, 0.5) is 0 Å². The van der Waals surface area contributed by atoms with E-state index in [1.165, 1.54) is 35.2 Å². The molecular formula is C23H31N3O5S. The average Bonchev–Trinajstić information content (AvgIpc) is 3.38. The fourth-order valence-electron chi connectivity index (χ4n) is 5.13. The summed E-state index contributed by atoms with van der Waals surface area (Å²) in [7, 11) is -0.509. The molecule has 1 N–H and O–H groups in total. The predicted molar refractivity (Wildman–Crippen MR) is 119 cm³/mol. The Hall–Kier alpha value is -2.39. The third-order valence-electron chi connectivity index (χ3n) is 6.94. The maximum absolute atomic E-state index is 12.3. The van der Waals surface area contributed by atoms with Crippen LogP contribution >= 0.6 is 0 Å². The van der Waals surface area contributed by atoms with E-state index in [4.69, 9.17) is 9.47 Å². The van der Waals surface area contributed by atoms with Gasteiger partial charge in [0.05, 0.1) is 25.8 Å². The van der Waals surface area contributed by atoms with E-state index in [0.717, 1.165) is 44.3 Å². The molecule has 0 atom stereocenters. The maximum Gasteiger partial charge on any atom is 0.308 e. The second-order valence-electron chi connectivity index (χ2n) is 8.79. The van der Waals surface area contributed by atoms with E-state index in [1.807, 2.05) is 6.07 Å². The molecule has 1 aromatic carbocycles. The van der Waals surface area contributed by atoms with Gasteiger partial charge in [0.2, 0.25) is 0 Å². The molecule has 2 aromatic rings. The Labute approximate surface area is 189 Å². The molecule has 0 saturated heterocycles. The van der Waals surface area contributed by atoms with E-state index in [1.54, 1.807) is 7.05 Å². The molecule has 0 amide bonds. The molecule has 1 aromatic heterocycles. The van der Waals surface area contributed by atoms with Crippen molar-refractivity contribution in [3.63, 3.8) is 0 Å². The van der Waals surface area contributed by atoms with Crippen LogP contribution in [0, 0.1) is 5.92 Å². The minimum atomic E-state index is -3.57. The number of hydrogen-bond donors (Lipinski definition) is 1. The van der Waals surface area contributed by atoms with Crippen molar-refractivity contribution in [3.8, 4) is 5.75 Å². The number of ether oxygens (including phenoxy) is 2. The van der Waals surface area contributed by atoms with Gasteiger partial charge in [-0.15, -0.1) is 0 Å². The third kappa shape index (κ3) is 4.54. The quantitative estimate of drug-likeness (QED) is 0.479. The van der Waals surface area contributed by atoms with Crippen LogP contribution in [-0.4, -0.2) is 44.4 Å². The predicted octanol–water partition coefficient (Wildman–Crippen LogP) is 2.71. The number of rotatable bonds is 8. The van der Waals surface area contributed by atoms with Crippen LogP contribution in [0.5, 0.6) is 5.75 Å². The van der Waals surface area contributed by atoms with E-state index in [0.29, 0.717) is 13.0 Å². The monoisotopic (exact) mass is 461 g/mol. The van der Waals surface area contributed by atoms with Gasteiger partial charge in [-0.1, -0.05) is 6.07 Å². The number of nitrogens with zero attached hydrogens (tertiary/aromatic N) is 2. The van der Waals surface area contributed by atoms with E-state index >= 15 is 0 Å². The van der Waals surface area contributed by atoms with Crippen molar-refractivity contribution in [1.82, 2.24) is 14.5 Å². The molecule has 9 heteroatoms. The van der Waals surface area contributed by atoms with Gasteiger partial charge in [0.15, 0.2) is 5.03 Å². The lowest BCUT2D eigenvalue weighted by molar-refractivity contribution is -0.147. The van der Waals surface area contributed by atoms with Crippen LogP contribution in [0.3, 0.4) is 0 Å². The molecule has 0 bridgehead atoms. The number of aryl methyl sites for hydroxylation is 2. The Balaban J connectivity index is 1.31. The summed E-state index contributed by atoms with van der Waals surface area (Å²) in [5.74, 6) is 0.744. The molecule has 1 fully saturated rings. The molecule has 174 valence electrons. The zero-order valence-electron chi connectivity index (χ0n) is 18.7. The topological polar surface area (TPSA) is 99.5 Å². The summed E-state index contributed by atoms with van der Waals surface area (Å²) in [6.45, 7) is 0.710. The fourth-order valence-corrected chi connectivity index (χ4v) is 6.32. The number of fused-ring (bicyclic) bond motifs is 2. The lowest BCUT2D eigenvalue weighted by Crippen LogP contribution is -2.32.